The molecule has 148 valence electrons. The maximum absolute atomic E-state index is 14.4. The van der Waals surface area contributed by atoms with Gasteiger partial charge in [-0.2, -0.15) is 8.78 Å². The lowest BCUT2D eigenvalue weighted by Gasteiger charge is -2.25. The summed E-state index contributed by atoms with van der Waals surface area (Å²) < 4.78 is 53.3. The maximum atomic E-state index is 14.4. The molecule has 0 atom stereocenters. The van der Waals surface area contributed by atoms with E-state index >= 15 is 0 Å². The van der Waals surface area contributed by atoms with Crippen molar-refractivity contribution in [3.63, 3.8) is 0 Å². The molecule has 1 aromatic heterocycles. The fourth-order valence-electron chi connectivity index (χ4n) is 3.07. The van der Waals surface area contributed by atoms with Gasteiger partial charge < -0.3 is 9.05 Å². The summed E-state index contributed by atoms with van der Waals surface area (Å²) in [7, 11) is -4.14. The van der Waals surface area contributed by atoms with Crippen molar-refractivity contribution in [3.05, 3.63) is 60.3 Å². The average Bonchev–Trinajstić information content (AvgIpc) is 2.67. The minimum atomic E-state index is -4.14. The molecule has 3 aromatic rings. The number of benzene rings is 2. The molecular weight excluding hydrogens is 407 g/mol. The molecular formula is C20H19ClF2NO3P. The number of pyridine rings is 1. The highest BCUT2D eigenvalue weighted by atomic mass is 35.5. The largest absolute Gasteiger partial charge is 0.365 e. The molecule has 1 heterocycles. The van der Waals surface area contributed by atoms with Gasteiger partial charge in [-0.15, -0.1) is 0 Å². The lowest BCUT2D eigenvalue weighted by molar-refractivity contribution is 0.0910. The van der Waals surface area contributed by atoms with Crippen LogP contribution in [-0.4, -0.2) is 18.2 Å². The van der Waals surface area contributed by atoms with Gasteiger partial charge in [-0.25, -0.2) is 4.98 Å². The molecule has 3 rings (SSSR count). The summed E-state index contributed by atoms with van der Waals surface area (Å²) in [6, 6.07) is 15.6. The minimum Gasteiger partial charge on any atom is -0.305 e. The van der Waals surface area contributed by atoms with E-state index in [1.165, 1.54) is 0 Å². The van der Waals surface area contributed by atoms with E-state index in [0.29, 0.717) is 22.0 Å². The number of hydrogen-bond acceptors (Lipinski definition) is 4. The zero-order chi connectivity index (χ0) is 20.4. The first-order chi connectivity index (χ1) is 13.3. The fourth-order valence-corrected chi connectivity index (χ4v) is 5.26. The summed E-state index contributed by atoms with van der Waals surface area (Å²) in [6.45, 7) is 3.24. The summed E-state index contributed by atoms with van der Waals surface area (Å²) >= 11 is 5.40. The highest BCUT2D eigenvalue weighted by molar-refractivity contribution is 7.62. The molecule has 0 saturated carbocycles. The molecule has 0 bridgehead atoms. The molecule has 0 N–H and O–H groups in total. The molecule has 8 heteroatoms. The summed E-state index contributed by atoms with van der Waals surface area (Å²) in [5, 5.41) is -3.62. The van der Waals surface area contributed by atoms with Gasteiger partial charge in [0.05, 0.1) is 18.7 Å². The van der Waals surface area contributed by atoms with E-state index in [4.69, 9.17) is 20.6 Å². The van der Waals surface area contributed by atoms with Gasteiger partial charge in [0.1, 0.15) is 11.0 Å². The van der Waals surface area contributed by atoms with Crippen LogP contribution in [0.2, 0.25) is 0 Å². The van der Waals surface area contributed by atoms with E-state index < -0.39 is 18.7 Å². The van der Waals surface area contributed by atoms with Crippen LogP contribution in [0.5, 0.6) is 0 Å². The summed E-state index contributed by atoms with van der Waals surface area (Å²) in [6.07, 6.45) is 0. The number of alkyl halides is 3. The first-order valence-electron chi connectivity index (χ1n) is 8.77. The Bertz CT molecular complexity index is 1020. The molecule has 4 nitrogen and oxygen atoms in total. The highest BCUT2D eigenvalue weighted by Crippen LogP contribution is 2.53. The van der Waals surface area contributed by atoms with E-state index in [9.17, 15) is 13.3 Å². The Hall–Kier alpha value is -1.85. The van der Waals surface area contributed by atoms with Crippen LogP contribution in [0.25, 0.3) is 22.0 Å². The standard InChI is InChI=1S/C20H19ClF2NO3P/c1-3-26-28(25,27-4-2)18-17(14-10-6-5-7-11-14)15-12-8-9-13-16(15)24-19(18)20(21,22)23/h5-13H,3-4H2,1-2H3. The van der Waals surface area contributed by atoms with E-state index in [-0.39, 0.29) is 18.5 Å². The van der Waals surface area contributed by atoms with Crippen molar-refractivity contribution in [2.24, 2.45) is 0 Å². The Morgan fingerprint density at radius 2 is 1.57 bits per heavy atom. The van der Waals surface area contributed by atoms with Gasteiger partial charge in [-0.1, -0.05) is 48.5 Å². The predicted octanol–water partition coefficient (Wildman–Crippen LogP) is 6.08. The number of fused-ring (bicyclic) bond motifs is 1. The number of nitrogens with zero attached hydrogens (tertiary/aromatic N) is 1. The summed E-state index contributed by atoms with van der Waals surface area (Å²) in [5.41, 5.74) is 0.376. The zero-order valence-electron chi connectivity index (χ0n) is 15.4. The highest BCUT2D eigenvalue weighted by Gasteiger charge is 2.44. The van der Waals surface area contributed by atoms with Crippen LogP contribution >= 0.6 is 19.2 Å². The minimum absolute atomic E-state index is 0.00559. The first kappa shape index (κ1) is 20.9. The zero-order valence-corrected chi connectivity index (χ0v) is 17.0. The van der Waals surface area contributed by atoms with Gasteiger partial charge >= 0.3 is 13.0 Å². The predicted molar refractivity (Wildman–Crippen MR) is 107 cm³/mol. The monoisotopic (exact) mass is 425 g/mol. The maximum Gasteiger partial charge on any atom is 0.365 e. The number of para-hydroxylation sites is 1. The van der Waals surface area contributed by atoms with Crippen LogP contribution in [0.3, 0.4) is 0 Å². The molecule has 0 spiro atoms. The second kappa shape index (κ2) is 8.26. The normalized spacial score (nSPS) is 12.5. The van der Waals surface area contributed by atoms with Crippen LogP contribution in [0.4, 0.5) is 8.78 Å². The van der Waals surface area contributed by atoms with Crippen LogP contribution in [0, 0.1) is 0 Å². The van der Waals surface area contributed by atoms with Crippen molar-refractivity contribution >= 4 is 35.4 Å². The van der Waals surface area contributed by atoms with Crippen molar-refractivity contribution in [2.75, 3.05) is 13.2 Å². The lowest BCUT2D eigenvalue weighted by atomic mass is 10.00. The van der Waals surface area contributed by atoms with Gasteiger partial charge in [0.2, 0.25) is 0 Å². The number of halogens is 3. The van der Waals surface area contributed by atoms with Crippen LogP contribution in [-0.2, 0) is 19.0 Å². The first-order valence-corrected chi connectivity index (χ1v) is 10.7. The van der Waals surface area contributed by atoms with Gasteiger partial charge in [0.15, 0.2) is 0 Å². The second-order valence-electron chi connectivity index (χ2n) is 5.90. The number of aromatic nitrogens is 1. The molecule has 0 aliphatic carbocycles. The quantitative estimate of drug-likeness (QED) is 0.340. The third-order valence-electron chi connectivity index (χ3n) is 4.07. The van der Waals surface area contributed by atoms with Crippen molar-refractivity contribution in [1.29, 1.82) is 0 Å². The lowest BCUT2D eigenvalue weighted by Crippen LogP contribution is -2.26. The van der Waals surface area contributed by atoms with Crippen LogP contribution < -0.4 is 5.30 Å². The Kier molecular flexibility index (Phi) is 6.15. The van der Waals surface area contributed by atoms with E-state index in [2.05, 4.69) is 4.98 Å². The topological polar surface area (TPSA) is 48.4 Å². The van der Waals surface area contributed by atoms with E-state index in [1.807, 2.05) is 0 Å². The molecule has 0 fully saturated rings. The molecule has 2 aromatic carbocycles. The van der Waals surface area contributed by atoms with Crippen LogP contribution in [0.1, 0.15) is 19.5 Å². The Labute approximate surface area is 167 Å². The molecule has 0 aliphatic heterocycles. The van der Waals surface area contributed by atoms with Gasteiger partial charge in [0, 0.05) is 10.9 Å². The van der Waals surface area contributed by atoms with Crippen LogP contribution in [0.15, 0.2) is 54.6 Å². The fraction of sp³-hybridized carbons (Fsp3) is 0.250. The van der Waals surface area contributed by atoms with Gasteiger partial charge in [-0.05, 0) is 37.1 Å². The van der Waals surface area contributed by atoms with Crippen molar-refractivity contribution < 1.29 is 22.4 Å². The number of hydrogen-bond donors (Lipinski definition) is 0. The molecule has 0 saturated heterocycles. The number of rotatable bonds is 7. The van der Waals surface area contributed by atoms with Gasteiger partial charge in [-0.3, -0.25) is 4.57 Å². The van der Waals surface area contributed by atoms with E-state index in [0.717, 1.165) is 0 Å². The molecule has 0 radical (unpaired) electrons. The summed E-state index contributed by atoms with van der Waals surface area (Å²) in [5.74, 6) is 0. The van der Waals surface area contributed by atoms with Crippen molar-refractivity contribution in [2.45, 2.75) is 19.2 Å². The molecule has 28 heavy (non-hydrogen) atoms. The van der Waals surface area contributed by atoms with Crippen molar-refractivity contribution in [3.8, 4) is 11.1 Å². The van der Waals surface area contributed by atoms with Crippen molar-refractivity contribution in [1.82, 2.24) is 4.98 Å². The Morgan fingerprint density at radius 1 is 1.00 bits per heavy atom. The smallest absolute Gasteiger partial charge is 0.305 e. The third kappa shape index (κ3) is 3.96. The summed E-state index contributed by atoms with van der Waals surface area (Å²) in [4.78, 5) is 4.05. The molecule has 0 amide bonds. The van der Waals surface area contributed by atoms with Gasteiger partial charge in [0.25, 0.3) is 0 Å². The SMILES string of the molecule is CCOP(=O)(OCC)c1c(C(F)(F)Cl)nc2ccccc2c1-c1ccccc1. The second-order valence-corrected chi connectivity index (χ2v) is 8.33. The van der Waals surface area contributed by atoms with E-state index in [1.54, 1.807) is 68.4 Å². The average molecular weight is 426 g/mol. The molecule has 0 aliphatic rings. The third-order valence-corrected chi connectivity index (χ3v) is 6.43. The Morgan fingerprint density at radius 3 is 2.14 bits per heavy atom. The Balaban J connectivity index is 2.53. The molecule has 0 unspecified atom stereocenters.